The first-order valence-electron chi connectivity index (χ1n) is 12.1. The number of nitrogens with zero attached hydrogens (tertiary/aromatic N) is 6. The average molecular weight is 503 g/mol. The van der Waals surface area contributed by atoms with Crippen molar-refractivity contribution in [3.8, 4) is 0 Å². The normalized spacial score (nSPS) is 17.8. The van der Waals surface area contributed by atoms with Gasteiger partial charge in [0.25, 0.3) is 0 Å². The molecule has 2 aliphatic rings. The molecule has 4 heterocycles. The van der Waals surface area contributed by atoms with Crippen LogP contribution in [-0.4, -0.2) is 87.7 Å². The summed E-state index contributed by atoms with van der Waals surface area (Å²) in [6.07, 6.45) is 4.12. The largest absolute Gasteiger partial charge is 0.477 e. The maximum atomic E-state index is 12.3. The van der Waals surface area contributed by atoms with Gasteiger partial charge in [-0.1, -0.05) is 18.3 Å². The zero-order valence-electron chi connectivity index (χ0n) is 20.7. The molecule has 190 valence electrons. The zero-order chi connectivity index (χ0) is 25.1. The van der Waals surface area contributed by atoms with Crippen LogP contribution < -0.4 is 15.5 Å². The van der Waals surface area contributed by atoms with E-state index in [0.717, 1.165) is 62.5 Å². The van der Waals surface area contributed by atoms with E-state index in [1.54, 1.807) is 6.92 Å². The Morgan fingerprint density at radius 3 is 2.57 bits per heavy atom. The van der Waals surface area contributed by atoms with Gasteiger partial charge in [0.05, 0.1) is 5.69 Å². The van der Waals surface area contributed by atoms with Gasteiger partial charge < -0.3 is 25.1 Å². The molecule has 1 amide bonds. The smallest absolute Gasteiger partial charge is 0.347 e. The number of rotatable bonds is 9. The van der Waals surface area contributed by atoms with E-state index in [1.807, 2.05) is 17.9 Å². The van der Waals surface area contributed by atoms with E-state index in [0.29, 0.717) is 35.1 Å². The maximum absolute atomic E-state index is 12.3. The number of anilines is 4. The SMILES string of the molecule is CCC(Nc1cc(N2CCC(N(C)C)CC2)nc(Nc2nc(C)c(C(=O)O)s2)n1)N1CCCC1=O. The Morgan fingerprint density at radius 2 is 2.00 bits per heavy atom. The fourth-order valence-corrected chi connectivity index (χ4v) is 5.45. The van der Waals surface area contributed by atoms with Gasteiger partial charge in [0.1, 0.15) is 22.7 Å². The molecule has 3 N–H and O–H groups in total. The van der Waals surface area contributed by atoms with Crippen LogP contribution in [0.1, 0.15) is 54.4 Å². The molecule has 0 saturated carbocycles. The van der Waals surface area contributed by atoms with Gasteiger partial charge in [0.2, 0.25) is 11.9 Å². The second-order valence-corrected chi connectivity index (χ2v) is 10.2. The van der Waals surface area contributed by atoms with Crippen LogP contribution in [0.3, 0.4) is 0 Å². The minimum Gasteiger partial charge on any atom is -0.477 e. The van der Waals surface area contributed by atoms with Crippen molar-refractivity contribution in [2.24, 2.45) is 0 Å². The van der Waals surface area contributed by atoms with E-state index < -0.39 is 5.97 Å². The van der Waals surface area contributed by atoms with E-state index in [9.17, 15) is 14.7 Å². The van der Waals surface area contributed by atoms with E-state index in [4.69, 9.17) is 4.98 Å². The van der Waals surface area contributed by atoms with Gasteiger partial charge in [-0.15, -0.1) is 0 Å². The number of thiazole rings is 1. The highest BCUT2D eigenvalue weighted by Crippen LogP contribution is 2.28. The molecule has 0 radical (unpaired) electrons. The van der Waals surface area contributed by atoms with Crippen molar-refractivity contribution in [2.75, 3.05) is 49.3 Å². The highest BCUT2D eigenvalue weighted by atomic mass is 32.1. The molecule has 0 aliphatic carbocycles. The summed E-state index contributed by atoms with van der Waals surface area (Å²) >= 11 is 1.06. The van der Waals surface area contributed by atoms with E-state index in [1.165, 1.54) is 0 Å². The first-order chi connectivity index (χ1) is 16.7. The Hall–Kier alpha value is -2.99. The topological polar surface area (TPSA) is 127 Å². The van der Waals surface area contributed by atoms with Crippen LogP contribution in [0, 0.1) is 6.92 Å². The average Bonchev–Trinajstić information content (AvgIpc) is 3.42. The summed E-state index contributed by atoms with van der Waals surface area (Å²) in [5.41, 5.74) is 0.448. The fraction of sp³-hybridized carbons (Fsp3) is 0.609. The highest BCUT2D eigenvalue weighted by molar-refractivity contribution is 7.17. The monoisotopic (exact) mass is 502 g/mol. The van der Waals surface area contributed by atoms with Gasteiger partial charge in [-0.3, -0.25) is 10.1 Å². The quantitative estimate of drug-likeness (QED) is 0.471. The fourth-order valence-electron chi connectivity index (χ4n) is 4.65. The molecule has 4 rings (SSSR count). The van der Waals surface area contributed by atoms with Crippen molar-refractivity contribution in [2.45, 2.75) is 58.2 Å². The number of carbonyl (C=O) groups is 2. The number of amides is 1. The molecule has 0 aromatic carbocycles. The van der Waals surface area contributed by atoms with Crippen molar-refractivity contribution in [1.29, 1.82) is 0 Å². The molecule has 0 bridgehead atoms. The molecule has 2 saturated heterocycles. The lowest BCUT2D eigenvalue weighted by Gasteiger charge is -2.36. The Bertz CT molecular complexity index is 1070. The number of aryl methyl sites for hydroxylation is 1. The van der Waals surface area contributed by atoms with Gasteiger partial charge in [-0.25, -0.2) is 9.78 Å². The first kappa shape index (κ1) is 25.1. The Kier molecular flexibility index (Phi) is 7.70. The maximum Gasteiger partial charge on any atom is 0.347 e. The number of hydrogen-bond donors (Lipinski definition) is 3. The van der Waals surface area contributed by atoms with Gasteiger partial charge in [0.15, 0.2) is 5.13 Å². The second kappa shape index (κ2) is 10.7. The third kappa shape index (κ3) is 5.81. The zero-order valence-corrected chi connectivity index (χ0v) is 21.6. The number of piperidine rings is 1. The van der Waals surface area contributed by atoms with Gasteiger partial charge >= 0.3 is 5.97 Å². The van der Waals surface area contributed by atoms with Crippen LogP contribution in [0.4, 0.5) is 22.7 Å². The molecule has 2 aromatic rings. The number of hydrogen-bond acceptors (Lipinski definition) is 10. The van der Waals surface area contributed by atoms with Crippen molar-refractivity contribution >= 4 is 45.9 Å². The molecule has 0 spiro atoms. The van der Waals surface area contributed by atoms with Crippen LogP contribution in [-0.2, 0) is 4.79 Å². The van der Waals surface area contributed by atoms with Crippen LogP contribution in [0.15, 0.2) is 6.07 Å². The molecule has 2 aliphatic heterocycles. The summed E-state index contributed by atoms with van der Waals surface area (Å²) in [4.78, 5) is 44.1. The third-order valence-electron chi connectivity index (χ3n) is 6.63. The van der Waals surface area contributed by atoms with E-state index in [2.05, 4.69) is 44.5 Å². The molecule has 2 aromatic heterocycles. The molecule has 1 atom stereocenters. The van der Waals surface area contributed by atoms with Gasteiger partial charge in [0, 0.05) is 38.2 Å². The summed E-state index contributed by atoms with van der Waals surface area (Å²) in [7, 11) is 4.22. The molecular weight excluding hydrogens is 468 g/mol. The number of nitrogens with one attached hydrogen (secondary N) is 2. The molecule has 35 heavy (non-hydrogen) atoms. The summed E-state index contributed by atoms with van der Waals surface area (Å²) in [6.45, 7) is 6.20. The number of aromatic carboxylic acids is 1. The minimum absolute atomic E-state index is 0.152. The lowest BCUT2D eigenvalue weighted by Crippen LogP contribution is -2.43. The number of likely N-dealkylation sites (tertiary alicyclic amines) is 1. The standard InChI is InChI=1S/C23H34N8O3S/c1-5-17(31-10-6-7-19(31)32)25-16-13-18(30-11-8-15(9-12-30)29(3)4)27-22(26-16)28-23-24-14(2)20(35-23)21(33)34/h13,15,17H,5-12H2,1-4H3,(H,33,34)(H2,24,25,26,27,28). The van der Waals surface area contributed by atoms with Crippen molar-refractivity contribution in [3.05, 3.63) is 16.6 Å². The van der Waals surface area contributed by atoms with Crippen LogP contribution in [0.2, 0.25) is 0 Å². The molecule has 12 heteroatoms. The Morgan fingerprint density at radius 1 is 1.26 bits per heavy atom. The van der Waals surface area contributed by atoms with E-state index >= 15 is 0 Å². The third-order valence-corrected chi connectivity index (χ3v) is 7.69. The lowest BCUT2D eigenvalue weighted by atomic mass is 10.0. The molecular formula is C23H34N8O3S. The first-order valence-corrected chi connectivity index (χ1v) is 12.9. The predicted octanol–water partition coefficient (Wildman–Crippen LogP) is 2.98. The summed E-state index contributed by atoms with van der Waals surface area (Å²) in [5, 5.41) is 16.3. The molecule has 2 fully saturated rings. The molecule has 11 nitrogen and oxygen atoms in total. The van der Waals surface area contributed by atoms with Crippen molar-refractivity contribution in [1.82, 2.24) is 24.8 Å². The van der Waals surface area contributed by atoms with Crippen LogP contribution >= 0.6 is 11.3 Å². The van der Waals surface area contributed by atoms with Crippen molar-refractivity contribution < 1.29 is 14.7 Å². The highest BCUT2D eigenvalue weighted by Gasteiger charge is 2.28. The second-order valence-electron chi connectivity index (χ2n) is 9.24. The van der Waals surface area contributed by atoms with Gasteiger partial charge in [-0.05, 0) is 46.7 Å². The summed E-state index contributed by atoms with van der Waals surface area (Å²) in [6, 6.07) is 2.47. The number of carboxylic acid groups (broad SMARTS) is 1. The van der Waals surface area contributed by atoms with Crippen LogP contribution in [0.5, 0.6) is 0 Å². The van der Waals surface area contributed by atoms with E-state index in [-0.39, 0.29) is 17.0 Å². The van der Waals surface area contributed by atoms with Crippen LogP contribution in [0.25, 0.3) is 0 Å². The number of carboxylic acids is 1. The predicted molar refractivity (Wildman–Crippen MR) is 137 cm³/mol. The molecule has 1 unspecified atom stereocenters. The summed E-state index contributed by atoms with van der Waals surface area (Å²) < 4.78 is 0. The minimum atomic E-state index is -1.00. The lowest BCUT2D eigenvalue weighted by molar-refractivity contribution is -0.129. The Labute approximate surface area is 209 Å². The Balaban J connectivity index is 1.61. The summed E-state index contributed by atoms with van der Waals surface area (Å²) in [5.74, 6) is 0.896. The van der Waals surface area contributed by atoms with Gasteiger partial charge in [-0.2, -0.15) is 9.97 Å². The number of aromatic nitrogens is 3. The van der Waals surface area contributed by atoms with Crippen molar-refractivity contribution in [3.63, 3.8) is 0 Å². The number of carbonyl (C=O) groups excluding carboxylic acids is 1.